The zero-order chi connectivity index (χ0) is 14.5. The molecular formula is C15H20N2O3. The number of ether oxygens (including phenoxy) is 1. The Morgan fingerprint density at radius 2 is 2.25 bits per heavy atom. The molecule has 0 spiro atoms. The Morgan fingerprint density at radius 3 is 2.95 bits per heavy atom. The first-order chi connectivity index (χ1) is 9.61. The van der Waals surface area contributed by atoms with Crippen molar-refractivity contribution < 1.29 is 14.3 Å². The lowest BCUT2D eigenvalue weighted by molar-refractivity contribution is -0.115. The number of carbonyl (C=O) groups excluding carboxylic acids is 2. The zero-order valence-electron chi connectivity index (χ0n) is 11.9. The van der Waals surface area contributed by atoms with Gasteiger partial charge in [-0.05, 0) is 25.1 Å². The molecule has 2 amide bonds. The molecule has 1 aromatic carbocycles. The topological polar surface area (TPSA) is 58.6 Å². The lowest BCUT2D eigenvalue weighted by Crippen LogP contribution is -2.47. The van der Waals surface area contributed by atoms with Crippen molar-refractivity contribution in [2.24, 2.45) is 0 Å². The number of hydrogen-bond donors (Lipinski definition) is 1. The molecule has 5 nitrogen and oxygen atoms in total. The van der Waals surface area contributed by atoms with Crippen LogP contribution in [0, 0.1) is 0 Å². The molecule has 0 bridgehead atoms. The van der Waals surface area contributed by atoms with Crippen LogP contribution in [0.4, 0.5) is 5.69 Å². The van der Waals surface area contributed by atoms with Crippen LogP contribution >= 0.6 is 0 Å². The summed E-state index contributed by atoms with van der Waals surface area (Å²) in [5.41, 5.74) is 1.25. The molecule has 0 aromatic heterocycles. The van der Waals surface area contributed by atoms with Crippen molar-refractivity contribution in [3.63, 3.8) is 0 Å². The fourth-order valence-corrected chi connectivity index (χ4v) is 2.17. The molecule has 108 valence electrons. The Kier molecular flexibility index (Phi) is 4.74. The number of rotatable bonds is 3. The number of nitrogens with zero attached hydrogens (tertiary/aromatic N) is 1. The average molecular weight is 276 g/mol. The van der Waals surface area contributed by atoms with Crippen LogP contribution in [-0.2, 0) is 9.53 Å². The van der Waals surface area contributed by atoms with E-state index in [2.05, 4.69) is 5.32 Å². The van der Waals surface area contributed by atoms with Crippen molar-refractivity contribution >= 4 is 17.5 Å². The highest BCUT2D eigenvalue weighted by atomic mass is 16.5. The number of hydrogen-bond acceptors (Lipinski definition) is 3. The number of morpholine rings is 1. The van der Waals surface area contributed by atoms with E-state index in [9.17, 15) is 9.59 Å². The molecule has 0 aliphatic carbocycles. The van der Waals surface area contributed by atoms with E-state index in [0.717, 1.165) is 0 Å². The number of amides is 2. The summed E-state index contributed by atoms with van der Waals surface area (Å²) in [5, 5.41) is 2.77. The second-order valence-corrected chi connectivity index (χ2v) is 4.91. The molecule has 2 rings (SSSR count). The van der Waals surface area contributed by atoms with Crippen LogP contribution < -0.4 is 5.32 Å². The molecule has 1 aliphatic heterocycles. The van der Waals surface area contributed by atoms with Gasteiger partial charge in [0.25, 0.3) is 5.91 Å². The summed E-state index contributed by atoms with van der Waals surface area (Å²) in [6, 6.07) is 7.13. The Bertz CT molecular complexity index is 502. The maximum absolute atomic E-state index is 12.5. The van der Waals surface area contributed by atoms with Crippen molar-refractivity contribution in [3.05, 3.63) is 29.8 Å². The van der Waals surface area contributed by atoms with Gasteiger partial charge in [0, 0.05) is 24.2 Å². The quantitative estimate of drug-likeness (QED) is 0.917. The molecule has 1 atom stereocenters. The molecule has 5 heteroatoms. The highest BCUT2D eigenvalue weighted by molar-refractivity contribution is 5.97. The second kappa shape index (κ2) is 6.52. The van der Waals surface area contributed by atoms with Crippen LogP contribution in [0.15, 0.2) is 24.3 Å². The largest absolute Gasteiger partial charge is 0.377 e. The lowest BCUT2D eigenvalue weighted by atomic mass is 10.1. The minimum Gasteiger partial charge on any atom is -0.377 e. The Balaban J connectivity index is 2.13. The predicted octanol–water partition coefficient (Wildman–Crippen LogP) is 1.90. The van der Waals surface area contributed by atoms with Gasteiger partial charge in [-0.3, -0.25) is 9.59 Å². The normalized spacial score (nSPS) is 18.7. The molecule has 1 N–H and O–H groups in total. The van der Waals surface area contributed by atoms with E-state index in [0.29, 0.717) is 37.4 Å². The molecule has 1 fully saturated rings. The molecular weight excluding hydrogens is 256 g/mol. The molecule has 1 heterocycles. The Hall–Kier alpha value is -1.88. The molecule has 1 saturated heterocycles. The number of anilines is 1. The van der Waals surface area contributed by atoms with Gasteiger partial charge in [0.05, 0.1) is 19.3 Å². The minimum atomic E-state index is -0.0608. The third kappa shape index (κ3) is 3.36. The van der Waals surface area contributed by atoms with Gasteiger partial charge in [0.1, 0.15) is 0 Å². The van der Waals surface area contributed by atoms with E-state index in [1.54, 1.807) is 31.2 Å². The van der Waals surface area contributed by atoms with Gasteiger partial charge >= 0.3 is 0 Å². The summed E-state index contributed by atoms with van der Waals surface area (Å²) in [7, 11) is 0. The molecule has 0 radical (unpaired) electrons. The van der Waals surface area contributed by atoms with E-state index >= 15 is 0 Å². The SMILES string of the molecule is CCC(=O)Nc1cccc(C(=O)N2CCOCC2C)c1. The monoisotopic (exact) mass is 276 g/mol. The molecule has 20 heavy (non-hydrogen) atoms. The maximum atomic E-state index is 12.5. The number of nitrogens with one attached hydrogen (secondary N) is 1. The fourth-order valence-electron chi connectivity index (χ4n) is 2.17. The summed E-state index contributed by atoms with van der Waals surface area (Å²) in [4.78, 5) is 25.7. The maximum Gasteiger partial charge on any atom is 0.254 e. The molecule has 1 unspecified atom stereocenters. The molecule has 0 saturated carbocycles. The van der Waals surface area contributed by atoms with Crippen molar-refractivity contribution in [1.82, 2.24) is 4.90 Å². The summed E-state index contributed by atoms with van der Waals surface area (Å²) in [6.07, 6.45) is 0.415. The predicted molar refractivity (Wildman–Crippen MR) is 76.7 cm³/mol. The summed E-state index contributed by atoms with van der Waals surface area (Å²) >= 11 is 0. The van der Waals surface area contributed by atoms with Gasteiger partial charge in [0.15, 0.2) is 0 Å². The third-order valence-electron chi connectivity index (χ3n) is 3.34. The van der Waals surface area contributed by atoms with Crippen LogP contribution in [0.5, 0.6) is 0 Å². The van der Waals surface area contributed by atoms with Crippen molar-refractivity contribution in [1.29, 1.82) is 0 Å². The van der Waals surface area contributed by atoms with Gasteiger partial charge < -0.3 is 15.0 Å². The van der Waals surface area contributed by atoms with Crippen LogP contribution in [0.25, 0.3) is 0 Å². The van der Waals surface area contributed by atoms with Gasteiger partial charge in [0.2, 0.25) is 5.91 Å². The van der Waals surface area contributed by atoms with Gasteiger partial charge in [-0.15, -0.1) is 0 Å². The highest BCUT2D eigenvalue weighted by Gasteiger charge is 2.24. The standard InChI is InChI=1S/C15H20N2O3/c1-3-14(18)16-13-6-4-5-12(9-13)15(19)17-7-8-20-10-11(17)2/h4-6,9,11H,3,7-8,10H2,1-2H3,(H,16,18). The molecule has 1 aromatic rings. The first kappa shape index (κ1) is 14.5. The minimum absolute atomic E-state index is 0.0200. The Morgan fingerprint density at radius 1 is 1.45 bits per heavy atom. The van der Waals surface area contributed by atoms with Gasteiger partial charge in [-0.1, -0.05) is 13.0 Å². The highest BCUT2D eigenvalue weighted by Crippen LogP contribution is 2.16. The first-order valence-electron chi connectivity index (χ1n) is 6.90. The zero-order valence-corrected chi connectivity index (χ0v) is 11.9. The number of carbonyl (C=O) groups is 2. The summed E-state index contributed by atoms with van der Waals surface area (Å²) in [5.74, 6) is -0.0808. The smallest absolute Gasteiger partial charge is 0.254 e. The van der Waals surface area contributed by atoms with E-state index in [1.165, 1.54) is 0 Å². The third-order valence-corrected chi connectivity index (χ3v) is 3.34. The molecule has 1 aliphatic rings. The second-order valence-electron chi connectivity index (χ2n) is 4.91. The van der Waals surface area contributed by atoms with E-state index in [-0.39, 0.29) is 17.9 Å². The van der Waals surface area contributed by atoms with E-state index in [1.807, 2.05) is 11.8 Å². The van der Waals surface area contributed by atoms with Crippen molar-refractivity contribution in [2.75, 3.05) is 25.1 Å². The van der Waals surface area contributed by atoms with Crippen LogP contribution in [0.2, 0.25) is 0 Å². The first-order valence-corrected chi connectivity index (χ1v) is 6.90. The van der Waals surface area contributed by atoms with Crippen LogP contribution in [0.3, 0.4) is 0 Å². The van der Waals surface area contributed by atoms with Crippen LogP contribution in [-0.4, -0.2) is 42.5 Å². The number of benzene rings is 1. The average Bonchev–Trinajstić information content (AvgIpc) is 2.47. The summed E-state index contributed by atoms with van der Waals surface area (Å²) < 4.78 is 5.34. The summed E-state index contributed by atoms with van der Waals surface area (Å²) in [6.45, 7) is 5.51. The van der Waals surface area contributed by atoms with Gasteiger partial charge in [-0.2, -0.15) is 0 Å². The lowest BCUT2D eigenvalue weighted by Gasteiger charge is -2.33. The van der Waals surface area contributed by atoms with E-state index < -0.39 is 0 Å². The Labute approximate surface area is 118 Å². The van der Waals surface area contributed by atoms with Crippen molar-refractivity contribution in [3.8, 4) is 0 Å². The van der Waals surface area contributed by atoms with Gasteiger partial charge in [-0.25, -0.2) is 0 Å². The fraction of sp³-hybridized carbons (Fsp3) is 0.467. The van der Waals surface area contributed by atoms with Crippen LogP contribution in [0.1, 0.15) is 30.6 Å². The van der Waals surface area contributed by atoms with Crippen molar-refractivity contribution in [2.45, 2.75) is 26.3 Å². The van der Waals surface area contributed by atoms with E-state index in [4.69, 9.17) is 4.74 Å².